The lowest BCUT2D eigenvalue weighted by molar-refractivity contribution is -0.127. The van der Waals surface area contributed by atoms with E-state index < -0.39 is 6.10 Å². The molecule has 0 radical (unpaired) electrons. The standard InChI is InChI=1S/C23H31NO2/c1-16(2)21-13-10-18(4)15-22(21)26-19(5)23(25)24-14-6-7-20-11-8-17(3)9-12-20/h8-13,15-16,19H,6-7,14H2,1-5H3,(H,24,25)/t19-/m1/s1. The van der Waals surface area contributed by atoms with Crippen LogP contribution >= 0.6 is 0 Å². The molecule has 3 heteroatoms. The highest BCUT2D eigenvalue weighted by atomic mass is 16.5. The number of ether oxygens (including phenoxy) is 1. The third kappa shape index (κ3) is 5.91. The fourth-order valence-electron chi connectivity index (χ4n) is 2.87. The molecule has 0 spiro atoms. The summed E-state index contributed by atoms with van der Waals surface area (Å²) in [5, 5.41) is 2.98. The number of hydrogen-bond donors (Lipinski definition) is 1. The van der Waals surface area contributed by atoms with E-state index in [0.717, 1.165) is 29.7 Å². The van der Waals surface area contributed by atoms with Gasteiger partial charge in [-0.3, -0.25) is 4.79 Å². The molecule has 0 bridgehead atoms. The Kier molecular flexibility index (Phi) is 7.26. The van der Waals surface area contributed by atoms with Gasteiger partial charge in [-0.2, -0.15) is 0 Å². The Morgan fingerprint density at radius 2 is 1.65 bits per heavy atom. The lowest BCUT2D eigenvalue weighted by atomic mass is 10.0. The monoisotopic (exact) mass is 353 g/mol. The maximum absolute atomic E-state index is 12.3. The maximum Gasteiger partial charge on any atom is 0.260 e. The molecule has 0 aliphatic heterocycles. The van der Waals surface area contributed by atoms with Crippen LogP contribution in [0, 0.1) is 13.8 Å². The normalized spacial score (nSPS) is 12.1. The predicted molar refractivity (Wildman–Crippen MR) is 108 cm³/mol. The minimum atomic E-state index is -0.506. The van der Waals surface area contributed by atoms with Crippen molar-refractivity contribution in [1.82, 2.24) is 5.32 Å². The Hall–Kier alpha value is -2.29. The van der Waals surface area contributed by atoms with E-state index >= 15 is 0 Å². The molecule has 2 aromatic carbocycles. The molecular formula is C23H31NO2. The van der Waals surface area contributed by atoms with Gasteiger partial charge in [-0.05, 0) is 62.3 Å². The van der Waals surface area contributed by atoms with Crippen molar-refractivity contribution in [3.8, 4) is 5.75 Å². The number of carbonyl (C=O) groups is 1. The highest BCUT2D eigenvalue weighted by Crippen LogP contribution is 2.28. The number of hydrogen-bond acceptors (Lipinski definition) is 2. The molecule has 0 aliphatic rings. The third-order valence-corrected chi connectivity index (χ3v) is 4.53. The van der Waals surface area contributed by atoms with Crippen LogP contribution in [0.3, 0.4) is 0 Å². The second-order valence-electron chi connectivity index (χ2n) is 7.34. The Bertz CT molecular complexity index is 719. The first-order valence-electron chi connectivity index (χ1n) is 9.47. The molecule has 3 nitrogen and oxygen atoms in total. The molecule has 2 rings (SSSR count). The SMILES string of the molecule is Cc1ccc(CCCNC(=O)[C@@H](C)Oc2cc(C)ccc2C(C)C)cc1. The quantitative estimate of drug-likeness (QED) is 0.682. The summed E-state index contributed by atoms with van der Waals surface area (Å²) in [4.78, 5) is 12.3. The maximum atomic E-state index is 12.3. The number of rotatable bonds is 8. The smallest absolute Gasteiger partial charge is 0.260 e. The first-order valence-corrected chi connectivity index (χ1v) is 9.47. The summed E-state index contributed by atoms with van der Waals surface area (Å²) < 4.78 is 5.97. The molecule has 140 valence electrons. The number of benzene rings is 2. The highest BCUT2D eigenvalue weighted by molar-refractivity contribution is 5.80. The Morgan fingerprint density at radius 1 is 1.00 bits per heavy atom. The molecule has 0 heterocycles. The fraction of sp³-hybridized carbons (Fsp3) is 0.435. The lowest BCUT2D eigenvalue weighted by Crippen LogP contribution is -2.37. The molecule has 0 saturated carbocycles. The highest BCUT2D eigenvalue weighted by Gasteiger charge is 2.17. The number of aryl methyl sites for hydroxylation is 3. The van der Waals surface area contributed by atoms with Crippen molar-refractivity contribution >= 4 is 5.91 Å². The van der Waals surface area contributed by atoms with Gasteiger partial charge in [0.05, 0.1) is 0 Å². The van der Waals surface area contributed by atoms with Crippen LogP contribution < -0.4 is 10.1 Å². The van der Waals surface area contributed by atoms with Crippen LogP contribution in [0.5, 0.6) is 5.75 Å². The minimum Gasteiger partial charge on any atom is -0.481 e. The molecule has 1 amide bonds. The molecule has 0 saturated heterocycles. The minimum absolute atomic E-state index is 0.0647. The van der Waals surface area contributed by atoms with Gasteiger partial charge in [0.15, 0.2) is 6.10 Å². The molecule has 2 aromatic rings. The molecule has 0 aromatic heterocycles. The van der Waals surface area contributed by atoms with Crippen LogP contribution in [-0.4, -0.2) is 18.6 Å². The van der Waals surface area contributed by atoms with Crippen LogP contribution in [-0.2, 0) is 11.2 Å². The molecule has 0 aliphatic carbocycles. The molecule has 26 heavy (non-hydrogen) atoms. The molecule has 1 N–H and O–H groups in total. The van der Waals surface area contributed by atoms with Gasteiger partial charge >= 0.3 is 0 Å². The van der Waals surface area contributed by atoms with Gasteiger partial charge in [-0.25, -0.2) is 0 Å². The topological polar surface area (TPSA) is 38.3 Å². The lowest BCUT2D eigenvalue weighted by Gasteiger charge is -2.19. The Morgan fingerprint density at radius 3 is 2.31 bits per heavy atom. The van der Waals surface area contributed by atoms with E-state index in [1.54, 1.807) is 0 Å². The van der Waals surface area contributed by atoms with Crippen molar-refractivity contribution in [2.24, 2.45) is 0 Å². The zero-order chi connectivity index (χ0) is 19.1. The molecular weight excluding hydrogens is 322 g/mol. The van der Waals surface area contributed by atoms with Gasteiger partial charge in [-0.1, -0.05) is 55.8 Å². The summed E-state index contributed by atoms with van der Waals surface area (Å²) in [6, 6.07) is 14.7. The predicted octanol–water partition coefficient (Wildman–Crippen LogP) is 4.94. The third-order valence-electron chi connectivity index (χ3n) is 4.53. The van der Waals surface area contributed by atoms with Gasteiger partial charge in [0, 0.05) is 6.54 Å². The summed E-state index contributed by atoms with van der Waals surface area (Å²) in [5.41, 5.74) is 4.84. The van der Waals surface area contributed by atoms with Gasteiger partial charge in [-0.15, -0.1) is 0 Å². The zero-order valence-corrected chi connectivity index (χ0v) is 16.6. The average Bonchev–Trinajstić information content (AvgIpc) is 2.59. The van der Waals surface area contributed by atoms with Crippen molar-refractivity contribution in [3.05, 3.63) is 64.7 Å². The van der Waals surface area contributed by atoms with Crippen LogP contribution in [0.2, 0.25) is 0 Å². The van der Waals surface area contributed by atoms with Gasteiger partial charge in [0.1, 0.15) is 5.75 Å². The van der Waals surface area contributed by atoms with Gasteiger partial charge < -0.3 is 10.1 Å². The average molecular weight is 354 g/mol. The van der Waals surface area contributed by atoms with Crippen LogP contribution in [0.25, 0.3) is 0 Å². The number of carbonyl (C=O) groups excluding carboxylic acids is 1. The summed E-state index contributed by atoms with van der Waals surface area (Å²) >= 11 is 0. The van der Waals surface area contributed by atoms with Gasteiger partial charge in [0.25, 0.3) is 5.91 Å². The first-order chi connectivity index (χ1) is 12.4. The largest absolute Gasteiger partial charge is 0.481 e. The summed E-state index contributed by atoms with van der Waals surface area (Å²) in [6.45, 7) is 10.9. The second-order valence-corrected chi connectivity index (χ2v) is 7.34. The van der Waals surface area contributed by atoms with E-state index in [1.807, 2.05) is 19.9 Å². The van der Waals surface area contributed by atoms with Crippen molar-refractivity contribution < 1.29 is 9.53 Å². The first kappa shape index (κ1) is 20.0. The zero-order valence-electron chi connectivity index (χ0n) is 16.6. The Labute approximate surface area is 157 Å². The van der Waals surface area contributed by atoms with Crippen molar-refractivity contribution in [2.45, 2.75) is 59.5 Å². The Balaban J connectivity index is 1.82. The fourth-order valence-corrected chi connectivity index (χ4v) is 2.87. The molecule has 1 atom stereocenters. The van der Waals surface area contributed by atoms with E-state index in [0.29, 0.717) is 12.5 Å². The van der Waals surface area contributed by atoms with Crippen molar-refractivity contribution in [3.63, 3.8) is 0 Å². The van der Waals surface area contributed by atoms with Gasteiger partial charge in [0.2, 0.25) is 0 Å². The summed E-state index contributed by atoms with van der Waals surface area (Å²) in [5.74, 6) is 1.10. The van der Waals surface area contributed by atoms with E-state index in [2.05, 4.69) is 62.5 Å². The van der Waals surface area contributed by atoms with Crippen molar-refractivity contribution in [2.75, 3.05) is 6.54 Å². The summed E-state index contributed by atoms with van der Waals surface area (Å²) in [7, 11) is 0. The van der Waals surface area contributed by atoms with E-state index in [4.69, 9.17) is 4.74 Å². The molecule has 0 unspecified atom stereocenters. The van der Waals surface area contributed by atoms with E-state index in [9.17, 15) is 4.79 Å². The van der Waals surface area contributed by atoms with Crippen LogP contribution in [0.4, 0.5) is 0 Å². The van der Waals surface area contributed by atoms with Crippen LogP contribution in [0.15, 0.2) is 42.5 Å². The van der Waals surface area contributed by atoms with E-state index in [1.165, 1.54) is 11.1 Å². The number of amides is 1. The van der Waals surface area contributed by atoms with Crippen molar-refractivity contribution in [1.29, 1.82) is 0 Å². The number of nitrogens with one attached hydrogen (secondary N) is 1. The second kappa shape index (κ2) is 9.42. The molecule has 0 fully saturated rings. The van der Waals surface area contributed by atoms with E-state index in [-0.39, 0.29) is 5.91 Å². The van der Waals surface area contributed by atoms with Crippen LogP contribution in [0.1, 0.15) is 55.4 Å². The summed E-state index contributed by atoms with van der Waals surface area (Å²) in [6.07, 6.45) is 1.38.